The highest BCUT2D eigenvalue weighted by Crippen LogP contribution is 2.19. The minimum Gasteiger partial charge on any atom is -0.462 e. The summed E-state index contributed by atoms with van der Waals surface area (Å²) in [6.07, 6.45) is 1.79. The number of hydrogen-bond donors (Lipinski definition) is 0. The number of esters is 1. The molecule has 0 spiro atoms. The van der Waals surface area contributed by atoms with Gasteiger partial charge in [0.2, 0.25) is 0 Å². The first-order valence-corrected chi connectivity index (χ1v) is 6.96. The Bertz CT molecular complexity index is 660. The number of carbonyl (C=O) groups excluding carboxylic acids is 1. The summed E-state index contributed by atoms with van der Waals surface area (Å²) >= 11 is 0. The van der Waals surface area contributed by atoms with Gasteiger partial charge in [0, 0.05) is 0 Å². The lowest BCUT2D eigenvalue weighted by Crippen LogP contribution is -2.03. The van der Waals surface area contributed by atoms with Gasteiger partial charge in [-0.1, -0.05) is 54.6 Å². The predicted molar refractivity (Wildman–Crippen MR) is 85.7 cm³/mol. The van der Waals surface area contributed by atoms with E-state index in [1.807, 2.05) is 30.3 Å². The van der Waals surface area contributed by atoms with E-state index in [0.717, 1.165) is 5.56 Å². The summed E-state index contributed by atoms with van der Waals surface area (Å²) < 4.78 is 4.91. The number of rotatable bonds is 4. The maximum absolute atomic E-state index is 11.5. The van der Waals surface area contributed by atoms with Crippen LogP contribution in [0.4, 0.5) is 0 Å². The summed E-state index contributed by atoms with van der Waals surface area (Å²) in [4.78, 5) is 11.5. The van der Waals surface area contributed by atoms with E-state index >= 15 is 0 Å². The molecule has 2 aromatic rings. The van der Waals surface area contributed by atoms with Gasteiger partial charge in [0.15, 0.2) is 0 Å². The van der Waals surface area contributed by atoms with Gasteiger partial charge in [0.1, 0.15) is 0 Å². The maximum Gasteiger partial charge on any atom is 0.341 e. The first-order chi connectivity index (χ1) is 10.2. The lowest BCUT2D eigenvalue weighted by Gasteiger charge is -2.01. The predicted octanol–water partition coefficient (Wildman–Crippen LogP) is 4.48. The zero-order valence-corrected chi connectivity index (χ0v) is 12.3. The van der Waals surface area contributed by atoms with Crippen LogP contribution >= 0.6 is 0 Å². The first-order valence-electron chi connectivity index (χ1n) is 6.96. The second-order valence-electron chi connectivity index (χ2n) is 4.62. The number of hydrogen-bond acceptors (Lipinski definition) is 2. The van der Waals surface area contributed by atoms with Gasteiger partial charge < -0.3 is 4.74 Å². The Morgan fingerprint density at radius 1 is 1.05 bits per heavy atom. The summed E-state index contributed by atoms with van der Waals surface area (Å²) in [6, 6.07) is 18.3. The van der Waals surface area contributed by atoms with Gasteiger partial charge in [-0.3, -0.25) is 0 Å². The molecule has 0 amide bonds. The van der Waals surface area contributed by atoms with E-state index < -0.39 is 0 Å². The van der Waals surface area contributed by atoms with E-state index in [1.54, 1.807) is 19.9 Å². The second kappa shape index (κ2) is 7.28. The van der Waals surface area contributed by atoms with Crippen LogP contribution in [-0.4, -0.2) is 12.6 Å². The molecule has 2 nitrogen and oxygen atoms in total. The largest absolute Gasteiger partial charge is 0.462 e. The minimum atomic E-state index is -0.324. The molecule has 0 heterocycles. The molecule has 0 aliphatic rings. The molecular formula is C19H18O2. The Morgan fingerprint density at radius 3 is 2.29 bits per heavy atom. The monoisotopic (exact) mass is 278 g/mol. The van der Waals surface area contributed by atoms with Crippen LogP contribution in [0.1, 0.15) is 19.4 Å². The van der Waals surface area contributed by atoms with Crippen molar-refractivity contribution in [2.24, 2.45) is 0 Å². The van der Waals surface area contributed by atoms with Crippen molar-refractivity contribution in [2.75, 3.05) is 6.61 Å². The summed E-state index contributed by atoms with van der Waals surface area (Å²) in [5, 5.41) is 0. The third-order valence-electron chi connectivity index (χ3n) is 3.05. The number of benzene rings is 2. The smallest absolute Gasteiger partial charge is 0.341 e. The van der Waals surface area contributed by atoms with Crippen molar-refractivity contribution in [1.29, 1.82) is 0 Å². The Kier molecular flexibility index (Phi) is 5.14. The minimum absolute atomic E-state index is 0.324. The molecule has 0 saturated heterocycles. The van der Waals surface area contributed by atoms with E-state index in [2.05, 4.69) is 30.0 Å². The lowest BCUT2D eigenvalue weighted by atomic mass is 10.0. The number of ether oxygens (including phenoxy) is 1. The highest BCUT2D eigenvalue weighted by molar-refractivity contribution is 5.88. The molecule has 0 aliphatic carbocycles. The van der Waals surface area contributed by atoms with Crippen molar-refractivity contribution in [2.45, 2.75) is 13.8 Å². The van der Waals surface area contributed by atoms with Crippen molar-refractivity contribution >= 4 is 12.0 Å². The number of carbonyl (C=O) groups is 1. The van der Waals surface area contributed by atoms with Crippen LogP contribution in [0.5, 0.6) is 0 Å². The fraction of sp³-hybridized carbons (Fsp3) is 0.158. The van der Waals surface area contributed by atoms with E-state index in [9.17, 15) is 4.79 Å². The zero-order chi connectivity index (χ0) is 15.1. The topological polar surface area (TPSA) is 26.3 Å². The van der Waals surface area contributed by atoms with E-state index in [4.69, 9.17) is 4.74 Å². The van der Waals surface area contributed by atoms with Gasteiger partial charge >= 0.3 is 5.97 Å². The molecule has 21 heavy (non-hydrogen) atoms. The molecule has 0 atom stereocenters. The van der Waals surface area contributed by atoms with Crippen LogP contribution in [0.15, 0.2) is 65.9 Å². The third kappa shape index (κ3) is 4.20. The van der Waals surface area contributed by atoms with Crippen molar-refractivity contribution in [3.05, 3.63) is 71.5 Å². The molecule has 0 fully saturated rings. The molecule has 0 aromatic heterocycles. The van der Waals surface area contributed by atoms with Crippen molar-refractivity contribution in [1.82, 2.24) is 0 Å². The third-order valence-corrected chi connectivity index (χ3v) is 3.05. The van der Waals surface area contributed by atoms with Gasteiger partial charge in [-0.15, -0.1) is 5.73 Å². The average molecular weight is 278 g/mol. The molecule has 2 heteroatoms. The molecule has 0 radical (unpaired) electrons. The van der Waals surface area contributed by atoms with E-state index in [0.29, 0.717) is 12.2 Å². The van der Waals surface area contributed by atoms with Crippen LogP contribution in [0, 0.1) is 0 Å². The summed E-state index contributed by atoms with van der Waals surface area (Å²) in [5.74, 6) is -0.324. The molecule has 2 aromatic carbocycles. The fourth-order valence-electron chi connectivity index (χ4n) is 1.89. The SMILES string of the molecule is CCOC(=O)C(C)=C=Cc1ccc(-c2ccccc2)cc1. The molecule has 106 valence electrons. The van der Waals surface area contributed by atoms with Gasteiger partial charge in [-0.25, -0.2) is 4.79 Å². The molecule has 0 bridgehead atoms. The highest BCUT2D eigenvalue weighted by Gasteiger charge is 2.02. The van der Waals surface area contributed by atoms with Gasteiger partial charge in [-0.2, -0.15) is 0 Å². The zero-order valence-electron chi connectivity index (χ0n) is 12.3. The second-order valence-corrected chi connectivity index (χ2v) is 4.62. The van der Waals surface area contributed by atoms with E-state index in [-0.39, 0.29) is 5.97 Å². The van der Waals surface area contributed by atoms with Crippen LogP contribution in [0.3, 0.4) is 0 Å². The molecule has 0 N–H and O–H groups in total. The Labute approximate surface area is 125 Å². The maximum atomic E-state index is 11.5. The fourth-order valence-corrected chi connectivity index (χ4v) is 1.89. The van der Waals surface area contributed by atoms with Crippen molar-refractivity contribution < 1.29 is 9.53 Å². The quantitative estimate of drug-likeness (QED) is 0.468. The van der Waals surface area contributed by atoms with Crippen LogP contribution in [0.2, 0.25) is 0 Å². The average Bonchev–Trinajstić information content (AvgIpc) is 2.54. The normalized spacial score (nSPS) is 9.62. The van der Waals surface area contributed by atoms with Crippen LogP contribution in [-0.2, 0) is 9.53 Å². The summed E-state index contributed by atoms with van der Waals surface area (Å²) in [6.45, 7) is 3.87. The van der Waals surface area contributed by atoms with E-state index in [1.165, 1.54) is 11.1 Å². The van der Waals surface area contributed by atoms with Crippen molar-refractivity contribution in [3.8, 4) is 11.1 Å². The van der Waals surface area contributed by atoms with Crippen LogP contribution in [0.25, 0.3) is 17.2 Å². The van der Waals surface area contributed by atoms with Crippen molar-refractivity contribution in [3.63, 3.8) is 0 Å². The Hall–Kier alpha value is -2.57. The summed E-state index contributed by atoms with van der Waals surface area (Å²) in [7, 11) is 0. The lowest BCUT2D eigenvalue weighted by molar-refractivity contribution is -0.138. The molecule has 0 aliphatic heterocycles. The van der Waals surface area contributed by atoms with Gasteiger partial charge in [0.05, 0.1) is 12.2 Å². The molecular weight excluding hydrogens is 260 g/mol. The molecule has 0 saturated carbocycles. The molecule has 2 rings (SSSR count). The van der Waals surface area contributed by atoms with Crippen LogP contribution < -0.4 is 0 Å². The van der Waals surface area contributed by atoms with Gasteiger partial charge in [-0.05, 0) is 36.6 Å². The Morgan fingerprint density at radius 2 is 1.67 bits per heavy atom. The molecule has 0 unspecified atom stereocenters. The standard InChI is InChI=1S/C19H18O2/c1-3-21-19(20)15(2)9-10-16-11-13-18(14-12-16)17-7-5-4-6-8-17/h4-8,10-14H,3H2,1-2H3. The Balaban J connectivity index is 2.16. The highest BCUT2D eigenvalue weighted by atomic mass is 16.5. The summed E-state index contributed by atoms with van der Waals surface area (Å²) in [5.41, 5.74) is 6.79. The first kappa shape index (κ1) is 14.8. The van der Waals surface area contributed by atoms with Gasteiger partial charge in [0.25, 0.3) is 0 Å².